The Hall–Kier alpha value is -4.76. The minimum Gasteiger partial charge on any atom is -0.361 e. The van der Waals surface area contributed by atoms with Crippen molar-refractivity contribution in [3.8, 4) is 0 Å². The highest BCUT2D eigenvalue weighted by atomic mass is 16.2. The first kappa shape index (κ1) is 25.2. The van der Waals surface area contributed by atoms with Gasteiger partial charge in [0.15, 0.2) is 0 Å². The van der Waals surface area contributed by atoms with Crippen molar-refractivity contribution in [2.75, 3.05) is 15.5 Å². The summed E-state index contributed by atoms with van der Waals surface area (Å²) in [6, 6.07) is 17.9. The van der Waals surface area contributed by atoms with Crippen LogP contribution in [0.4, 0.5) is 17.1 Å². The number of carbonyl (C=O) groups excluding carboxylic acids is 4. The third-order valence-electron chi connectivity index (χ3n) is 8.98. The van der Waals surface area contributed by atoms with E-state index in [1.165, 1.54) is 11.8 Å². The van der Waals surface area contributed by atoms with Crippen LogP contribution in [0.1, 0.15) is 29.2 Å². The zero-order chi connectivity index (χ0) is 28.6. The second-order valence-electron chi connectivity index (χ2n) is 11.3. The number of nitrogens with zero attached hydrogens (tertiary/aromatic N) is 1. The van der Waals surface area contributed by atoms with Gasteiger partial charge in [0.05, 0.1) is 17.5 Å². The van der Waals surface area contributed by atoms with Crippen LogP contribution in [0.25, 0.3) is 10.9 Å². The Bertz CT molecular complexity index is 1790. The minimum atomic E-state index is -1.38. The lowest BCUT2D eigenvalue weighted by Gasteiger charge is -2.29. The molecule has 4 N–H and O–H groups in total. The van der Waals surface area contributed by atoms with E-state index in [2.05, 4.69) is 20.9 Å². The van der Waals surface area contributed by atoms with Gasteiger partial charge in [-0.15, -0.1) is 0 Å². The Morgan fingerprint density at radius 1 is 0.976 bits per heavy atom. The molecule has 2 saturated heterocycles. The number of aromatic nitrogens is 1. The number of rotatable bonds is 4. The SMILES string of the molecule is CC(=O)Nc1ccc(N2C(=O)C3C(Cc4c[nH]c5ccccc45)NC4(C(=O)Nc5c4ccc(C)c5C)C3C2=O)cc1. The first-order valence-electron chi connectivity index (χ1n) is 13.7. The van der Waals surface area contributed by atoms with Crippen molar-refractivity contribution < 1.29 is 19.2 Å². The van der Waals surface area contributed by atoms with Gasteiger partial charge in [0, 0.05) is 47.0 Å². The van der Waals surface area contributed by atoms with E-state index in [1.807, 2.05) is 56.4 Å². The van der Waals surface area contributed by atoms with Crippen LogP contribution < -0.4 is 20.9 Å². The lowest BCUT2D eigenvalue weighted by molar-refractivity contribution is -0.130. The maximum Gasteiger partial charge on any atom is 0.250 e. The number of aryl methyl sites for hydroxylation is 1. The molecule has 0 bridgehead atoms. The van der Waals surface area contributed by atoms with Crippen LogP contribution in [0.3, 0.4) is 0 Å². The molecule has 4 atom stereocenters. The Morgan fingerprint density at radius 2 is 1.73 bits per heavy atom. The molecule has 0 radical (unpaired) electrons. The zero-order valence-electron chi connectivity index (χ0n) is 22.9. The molecule has 3 aromatic carbocycles. The number of aromatic amines is 1. The summed E-state index contributed by atoms with van der Waals surface area (Å²) in [5.74, 6) is -2.98. The molecule has 7 rings (SSSR count). The van der Waals surface area contributed by atoms with Gasteiger partial charge < -0.3 is 15.6 Å². The van der Waals surface area contributed by atoms with Crippen molar-refractivity contribution in [3.63, 3.8) is 0 Å². The van der Waals surface area contributed by atoms with Crippen molar-refractivity contribution >= 4 is 51.6 Å². The standard InChI is InChI=1S/C32H29N5O4/c1-16-8-13-23-28(17(16)2)35-31(41)32(23)27-26(25(36-32)14-19-15-33-24-7-5-4-6-22(19)24)29(39)37(30(27)40)21-11-9-20(10-12-21)34-18(3)38/h4-13,15,25-27,33,36H,14H2,1-3H3,(H,34,38)(H,35,41). The molecule has 1 aromatic heterocycles. The molecule has 3 aliphatic heterocycles. The number of hydrogen-bond donors (Lipinski definition) is 4. The van der Waals surface area contributed by atoms with Gasteiger partial charge in [-0.1, -0.05) is 30.3 Å². The van der Waals surface area contributed by atoms with Crippen LogP contribution >= 0.6 is 0 Å². The Balaban J connectivity index is 1.35. The molecule has 4 aromatic rings. The fraction of sp³-hybridized carbons (Fsp3) is 0.250. The smallest absolute Gasteiger partial charge is 0.250 e. The maximum atomic E-state index is 14.3. The first-order chi connectivity index (χ1) is 19.7. The third kappa shape index (κ3) is 3.52. The predicted octanol–water partition coefficient (Wildman–Crippen LogP) is 3.91. The second kappa shape index (κ2) is 8.87. The fourth-order valence-corrected chi connectivity index (χ4v) is 6.98. The number of fused-ring (bicyclic) bond motifs is 5. The lowest BCUT2D eigenvalue weighted by atomic mass is 9.75. The summed E-state index contributed by atoms with van der Waals surface area (Å²) >= 11 is 0. The molecule has 9 nitrogen and oxygen atoms in total. The van der Waals surface area contributed by atoms with Crippen LogP contribution in [0.15, 0.2) is 66.9 Å². The molecular formula is C32H29N5O4. The van der Waals surface area contributed by atoms with Crippen LogP contribution in [0, 0.1) is 25.7 Å². The van der Waals surface area contributed by atoms with Crippen LogP contribution in [-0.2, 0) is 31.1 Å². The number of nitrogens with one attached hydrogen (secondary N) is 4. The van der Waals surface area contributed by atoms with Gasteiger partial charge in [0.2, 0.25) is 23.6 Å². The van der Waals surface area contributed by atoms with Crippen molar-refractivity contribution in [2.24, 2.45) is 11.8 Å². The molecule has 0 aliphatic carbocycles. The molecule has 0 saturated carbocycles. The van der Waals surface area contributed by atoms with Crippen molar-refractivity contribution in [2.45, 2.75) is 38.8 Å². The second-order valence-corrected chi connectivity index (χ2v) is 11.3. The average molecular weight is 548 g/mol. The molecular weight excluding hydrogens is 518 g/mol. The predicted molar refractivity (Wildman–Crippen MR) is 155 cm³/mol. The van der Waals surface area contributed by atoms with E-state index in [-0.39, 0.29) is 17.7 Å². The van der Waals surface area contributed by atoms with E-state index < -0.39 is 29.3 Å². The third-order valence-corrected chi connectivity index (χ3v) is 8.98. The van der Waals surface area contributed by atoms with E-state index >= 15 is 0 Å². The number of imide groups is 1. The monoisotopic (exact) mass is 547 g/mol. The van der Waals surface area contributed by atoms with Crippen molar-refractivity contribution in [1.82, 2.24) is 10.3 Å². The molecule has 4 heterocycles. The van der Waals surface area contributed by atoms with E-state index in [0.29, 0.717) is 29.0 Å². The lowest BCUT2D eigenvalue weighted by Crippen LogP contribution is -2.53. The van der Waals surface area contributed by atoms with E-state index in [4.69, 9.17) is 0 Å². The topological polar surface area (TPSA) is 123 Å². The highest BCUT2D eigenvalue weighted by Crippen LogP contribution is 2.54. The number of hydrogen-bond acceptors (Lipinski definition) is 5. The summed E-state index contributed by atoms with van der Waals surface area (Å²) in [6.45, 7) is 5.35. The van der Waals surface area contributed by atoms with E-state index in [9.17, 15) is 19.2 Å². The van der Waals surface area contributed by atoms with Gasteiger partial charge in [-0.2, -0.15) is 0 Å². The summed E-state index contributed by atoms with van der Waals surface area (Å²) in [7, 11) is 0. The summed E-state index contributed by atoms with van der Waals surface area (Å²) in [4.78, 5) is 58.4. The van der Waals surface area contributed by atoms with Crippen molar-refractivity contribution in [1.29, 1.82) is 0 Å². The fourth-order valence-electron chi connectivity index (χ4n) is 6.98. The Labute approximate surface area is 236 Å². The quantitative estimate of drug-likeness (QED) is 0.289. The molecule has 41 heavy (non-hydrogen) atoms. The van der Waals surface area contributed by atoms with Crippen LogP contribution in [0.2, 0.25) is 0 Å². The van der Waals surface area contributed by atoms with Gasteiger partial charge in [-0.25, -0.2) is 4.90 Å². The Morgan fingerprint density at radius 3 is 2.49 bits per heavy atom. The molecule has 4 amide bonds. The van der Waals surface area contributed by atoms with Crippen LogP contribution in [-0.4, -0.2) is 34.7 Å². The van der Waals surface area contributed by atoms with Gasteiger partial charge in [-0.05, 0) is 67.3 Å². The molecule has 3 aliphatic rings. The number of benzene rings is 3. The van der Waals surface area contributed by atoms with Gasteiger partial charge in [0.1, 0.15) is 5.54 Å². The van der Waals surface area contributed by atoms with Gasteiger partial charge >= 0.3 is 0 Å². The summed E-state index contributed by atoms with van der Waals surface area (Å²) in [5, 5.41) is 10.3. The largest absolute Gasteiger partial charge is 0.361 e. The van der Waals surface area contributed by atoms with Crippen molar-refractivity contribution in [3.05, 3.63) is 89.1 Å². The number of carbonyl (C=O) groups is 4. The van der Waals surface area contributed by atoms with Crippen LogP contribution in [0.5, 0.6) is 0 Å². The molecule has 4 unspecified atom stereocenters. The number of amides is 4. The molecule has 9 heteroatoms. The Kier molecular flexibility index (Phi) is 5.46. The summed E-state index contributed by atoms with van der Waals surface area (Å²) in [5.41, 5.74) is 4.94. The zero-order valence-corrected chi connectivity index (χ0v) is 22.9. The molecule has 206 valence electrons. The number of anilines is 3. The number of para-hydroxylation sites is 1. The van der Waals surface area contributed by atoms with E-state index in [1.54, 1.807) is 24.3 Å². The summed E-state index contributed by atoms with van der Waals surface area (Å²) < 4.78 is 0. The molecule has 2 fully saturated rings. The number of H-pyrrole nitrogens is 1. The van der Waals surface area contributed by atoms with Gasteiger partial charge in [0.25, 0.3) is 0 Å². The maximum absolute atomic E-state index is 14.3. The normalized spacial score (nSPS) is 24.7. The van der Waals surface area contributed by atoms with Gasteiger partial charge in [-0.3, -0.25) is 24.5 Å². The average Bonchev–Trinajstić information content (AvgIpc) is 3.66. The highest BCUT2D eigenvalue weighted by molar-refractivity contribution is 6.26. The minimum absolute atomic E-state index is 0.217. The first-order valence-corrected chi connectivity index (χ1v) is 13.7. The summed E-state index contributed by atoms with van der Waals surface area (Å²) in [6.07, 6.45) is 2.39. The highest BCUT2D eigenvalue weighted by Gasteiger charge is 2.70. The van der Waals surface area contributed by atoms with E-state index in [0.717, 1.165) is 27.6 Å². The molecule has 1 spiro atoms.